The molecule has 0 aromatic carbocycles. The molecule has 0 aliphatic carbocycles. The summed E-state index contributed by atoms with van der Waals surface area (Å²) in [6.45, 7) is 3.80. The van der Waals surface area contributed by atoms with Crippen molar-refractivity contribution in [3.05, 3.63) is 0 Å². The van der Waals surface area contributed by atoms with Gasteiger partial charge in [0.1, 0.15) is 6.04 Å². The van der Waals surface area contributed by atoms with Crippen molar-refractivity contribution < 1.29 is 19.5 Å². The molecule has 0 aliphatic rings. The number of aliphatic carboxylic acids is 1. The van der Waals surface area contributed by atoms with Gasteiger partial charge in [-0.15, -0.1) is 10.0 Å². The highest BCUT2D eigenvalue weighted by atomic mass is 32.2. The van der Waals surface area contributed by atoms with Gasteiger partial charge in [-0.1, -0.05) is 13.8 Å². The summed E-state index contributed by atoms with van der Waals surface area (Å²) in [6.07, 6.45) is 0.552. The lowest BCUT2D eigenvalue weighted by Crippen LogP contribution is -2.35. The molecule has 0 saturated carbocycles. The Morgan fingerprint density at radius 2 is 2.21 bits per heavy atom. The molecule has 14 heavy (non-hydrogen) atoms. The van der Waals surface area contributed by atoms with E-state index in [4.69, 9.17) is 10.2 Å². The van der Waals surface area contributed by atoms with Crippen molar-refractivity contribution in [3.63, 3.8) is 0 Å². The molecule has 0 amide bonds. The number of halogens is 1. The third kappa shape index (κ3) is 5.41. The van der Waals surface area contributed by atoms with Crippen molar-refractivity contribution in [1.82, 2.24) is 5.54 Å². The minimum atomic E-state index is -1.21. The van der Waals surface area contributed by atoms with E-state index in [1.165, 1.54) is 17.3 Å². The number of aliphatic hydroxyl groups excluding tert-OH is 1. The molecule has 0 aromatic heterocycles. The number of hydrogen-bond acceptors (Lipinski definition) is 4. The van der Waals surface area contributed by atoms with Crippen LogP contribution >= 0.6 is 11.8 Å². The number of nitrogens with one attached hydrogen (secondary N) is 1. The van der Waals surface area contributed by atoms with Crippen molar-refractivity contribution in [2.45, 2.75) is 31.1 Å². The summed E-state index contributed by atoms with van der Waals surface area (Å²) >= 11 is 1.32. The predicted molar refractivity (Wildman–Crippen MR) is 53.9 cm³/mol. The topological polar surface area (TPSA) is 69.6 Å². The van der Waals surface area contributed by atoms with Gasteiger partial charge in [0, 0.05) is 17.1 Å². The summed E-state index contributed by atoms with van der Waals surface area (Å²) in [6, 6.07) is -1.18. The van der Waals surface area contributed by atoms with Gasteiger partial charge >= 0.3 is 5.97 Å². The summed E-state index contributed by atoms with van der Waals surface area (Å²) in [5.41, 5.74) is 1.23. The van der Waals surface area contributed by atoms with Crippen LogP contribution in [0.25, 0.3) is 0 Å². The molecule has 0 unspecified atom stereocenters. The first kappa shape index (κ1) is 13.7. The zero-order valence-corrected chi connectivity index (χ0v) is 9.10. The van der Waals surface area contributed by atoms with E-state index in [9.17, 15) is 9.28 Å². The number of aliphatic hydroxyl groups is 1. The molecular formula is C8H16FNO3S. The molecule has 3 N–H and O–H groups in total. The predicted octanol–water partition coefficient (Wildman–Crippen LogP) is 0.808. The lowest BCUT2D eigenvalue weighted by Gasteiger charge is -2.24. The number of hydrogen-bond donors (Lipinski definition) is 3. The molecule has 0 aliphatic heterocycles. The Balaban J connectivity index is 3.95. The van der Waals surface area contributed by atoms with E-state index in [1.807, 2.05) is 13.8 Å². The Kier molecular flexibility index (Phi) is 6.06. The first-order valence-corrected chi connectivity index (χ1v) is 5.25. The highest BCUT2D eigenvalue weighted by Gasteiger charge is 2.23. The molecule has 0 aromatic rings. The molecule has 0 saturated heterocycles. The maximum atomic E-state index is 12.0. The highest BCUT2D eigenvalue weighted by Crippen LogP contribution is 2.28. The standard InChI is InChI=1S/C8H16FNO3S/c1-8(2,3-4-11)14-5-6(10-9)7(12)13/h6,10-11H,3-5H2,1-2H3,(H,12,13)/t6-/m0/s1. The van der Waals surface area contributed by atoms with E-state index in [1.54, 1.807) is 0 Å². The minimum Gasteiger partial charge on any atom is -0.480 e. The van der Waals surface area contributed by atoms with Gasteiger partial charge < -0.3 is 10.2 Å². The molecule has 6 heteroatoms. The number of carbonyl (C=O) groups is 1. The largest absolute Gasteiger partial charge is 0.480 e. The SMILES string of the molecule is CC(C)(CCO)SC[C@H](NF)C(=O)O. The fourth-order valence-electron chi connectivity index (χ4n) is 0.800. The van der Waals surface area contributed by atoms with Gasteiger partial charge in [0.05, 0.1) is 0 Å². The Hall–Kier alpha value is -0.330. The molecule has 0 spiro atoms. The first-order valence-electron chi connectivity index (χ1n) is 4.26. The summed E-state index contributed by atoms with van der Waals surface area (Å²) in [4.78, 5) is 10.4. The van der Waals surface area contributed by atoms with E-state index in [2.05, 4.69) is 0 Å². The Morgan fingerprint density at radius 1 is 1.64 bits per heavy atom. The molecule has 0 heterocycles. The Labute approximate surface area is 86.8 Å². The van der Waals surface area contributed by atoms with E-state index >= 15 is 0 Å². The fraction of sp³-hybridized carbons (Fsp3) is 0.875. The van der Waals surface area contributed by atoms with E-state index in [0.717, 1.165) is 0 Å². The van der Waals surface area contributed by atoms with E-state index in [-0.39, 0.29) is 17.1 Å². The van der Waals surface area contributed by atoms with E-state index in [0.29, 0.717) is 6.42 Å². The second kappa shape index (κ2) is 6.21. The van der Waals surface area contributed by atoms with Gasteiger partial charge in [-0.25, -0.2) is 0 Å². The molecule has 84 valence electrons. The average molecular weight is 225 g/mol. The highest BCUT2D eigenvalue weighted by molar-refractivity contribution is 8.00. The van der Waals surface area contributed by atoms with Crippen molar-refractivity contribution >= 4 is 17.7 Å². The van der Waals surface area contributed by atoms with Gasteiger partial charge in [-0.3, -0.25) is 4.79 Å². The van der Waals surface area contributed by atoms with Crippen molar-refractivity contribution in [2.75, 3.05) is 12.4 Å². The van der Waals surface area contributed by atoms with Gasteiger partial charge in [0.2, 0.25) is 0 Å². The van der Waals surface area contributed by atoms with Crippen LogP contribution in [0.3, 0.4) is 0 Å². The molecular weight excluding hydrogens is 209 g/mol. The summed E-state index contributed by atoms with van der Waals surface area (Å²) in [5, 5.41) is 17.2. The molecule has 0 fully saturated rings. The Morgan fingerprint density at radius 3 is 2.57 bits per heavy atom. The minimum absolute atomic E-state index is 0.0425. The molecule has 0 rings (SSSR count). The van der Waals surface area contributed by atoms with Crippen LogP contribution in [0.4, 0.5) is 4.48 Å². The van der Waals surface area contributed by atoms with Crippen LogP contribution in [-0.2, 0) is 4.79 Å². The van der Waals surface area contributed by atoms with Crippen LogP contribution in [0.5, 0.6) is 0 Å². The van der Waals surface area contributed by atoms with E-state index < -0.39 is 12.0 Å². The lowest BCUT2D eigenvalue weighted by molar-refractivity contribution is -0.140. The average Bonchev–Trinajstić information content (AvgIpc) is 2.04. The maximum absolute atomic E-state index is 12.0. The second-order valence-corrected chi connectivity index (χ2v) is 5.27. The smallest absolute Gasteiger partial charge is 0.324 e. The zero-order chi connectivity index (χ0) is 11.2. The van der Waals surface area contributed by atoms with Crippen molar-refractivity contribution in [3.8, 4) is 0 Å². The molecule has 0 radical (unpaired) electrons. The van der Waals surface area contributed by atoms with Crippen LogP contribution in [0, 0.1) is 0 Å². The van der Waals surface area contributed by atoms with Crippen LogP contribution in [-0.4, -0.2) is 39.3 Å². The first-order chi connectivity index (χ1) is 6.43. The van der Waals surface area contributed by atoms with Crippen LogP contribution in [0.1, 0.15) is 20.3 Å². The van der Waals surface area contributed by atoms with Gasteiger partial charge in [-0.05, 0) is 6.42 Å². The normalized spacial score (nSPS) is 14.0. The van der Waals surface area contributed by atoms with Gasteiger partial charge in [0.25, 0.3) is 0 Å². The lowest BCUT2D eigenvalue weighted by atomic mass is 10.1. The van der Waals surface area contributed by atoms with Crippen LogP contribution in [0.15, 0.2) is 0 Å². The third-order valence-electron chi connectivity index (χ3n) is 1.78. The summed E-state index contributed by atoms with van der Waals surface area (Å²) in [7, 11) is 0. The maximum Gasteiger partial charge on any atom is 0.324 e. The monoisotopic (exact) mass is 225 g/mol. The summed E-state index contributed by atoms with van der Waals surface area (Å²) in [5.74, 6) is -1.07. The number of carboxylic acid groups (broad SMARTS) is 1. The number of thioether (sulfide) groups is 1. The fourth-order valence-corrected chi connectivity index (χ4v) is 1.86. The van der Waals surface area contributed by atoms with Gasteiger partial charge in [0.15, 0.2) is 0 Å². The Bertz CT molecular complexity index is 189. The quantitative estimate of drug-likeness (QED) is 0.559. The number of rotatable bonds is 7. The van der Waals surface area contributed by atoms with Crippen molar-refractivity contribution in [2.24, 2.45) is 0 Å². The van der Waals surface area contributed by atoms with Crippen LogP contribution in [0.2, 0.25) is 0 Å². The summed E-state index contributed by atoms with van der Waals surface area (Å²) < 4.78 is 11.7. The third-order valence-corrected chi connectivity index (χ3v) is 3.27. The van der Waals surface area contributed by atoms with Crippen molar-refractivity contribution in [1.29, 1.82) is 0 Å². The van der Waals surface area contributed by atoms with Crippen LogP contribution < -0.4 is 5.54 Å². The van der Waals surface area contributed by atoms with Gasteiger partial charge in [-0.2, -0.15) is 11.8 Å². The molecule has 0 bridgehead atoms. The zero-order valence-electron chi connectivity index (χ0n) is 8.29. The number of carboxylic acids is 1. The molecule has 4 nitrogen and oxygen atoms in total. The second-order valence-electron chi connectivity index (χ2n) is 3.54. The molecule has 1 atom stereocenters.